The van der Waals surface area contributed by atoms with Crippen LogP contribution in [0.4, 0.5) is 0 Å². The van der Waals surface area contributed by atoms with E-state index in [1.807, 2.05) is 21.1 Å². The second-order valence-corrected chi connectivity index (χ2v) is 9.88. The molecule has 0 saturated heterocycles. The van der Waals surface area contributed by atoms with Gasteiger partial charge in [0.05, 0.1) is 27.7 Å². The Bertz CT molecular complexity index is 441. The second-order valence-electron chi connectivity index (χ2n) is 8.43. The molecule has 0 aromatic carbocycles. The van der Waals surface area contributed by atoms with Crippen LogP contribution in [0, 0.1) is 0 Å². The molecular formula is C20H44N2O5P+. The fourth-order valence-electron chi connectivity index (χ4n) is 2.61. The summed E-state index contributed by atoms with van der Waals surface area (Å²) in [7, 11) is 1.98. The molecule has 0 saturated carbocycles. The Morgan fingerprint density at radius 2 is 1.46 bits per heavy atom. The molecule has 0 spiro atoms. The fourth-order valence-corrected chi connectivity index (χ4v) is 3.36. The lowest BCUT2D eigenvalue weighted by Crippen LogP contribution is -2.37. The summed E-state index contributed by atoms with van der Waals surface area (Å²) >= 11 is 0. The van der Waals surface area contributed by atoms with Crippen molar-refractivity contribution in [3.05, 3.63) is 0 Å². The van der Waals surface area contributed by atoms with Gasteiger partial charge in [-0.1, -0.05) is 51.9 Å². The first-order valence-electron chi connectivity index (χ1n) is 10.9. The summed E-state index contributed by atoms with van der Waals surface area (Å²) in [5.74, 6) is 0.0865. The van der Waals surface area contributed by atoms with Crippen molar-refractivity contribution in [3.63, 3.8) is 0 Å². The molecule has 2 N–H and O–H groups in total. The summed E-state index contributed by atoms with van der Waals surface area (Å²) in [6.45, 7) is 3.94. The number of phosphoric acid groups is 1. The largest absolute Gasteiger partial charge is 0.472 e. The summed E-state index contributed by atoms with van der Waals surface area (Å²) in [5.41, 5.74) is 0. The van der Waals surface area contributed by atoms with Gasteiger partial charge in [-0.3, -0.25) is 13.8 Å². The first-order valence-corrected chi connectivity index (χ1v) is 12.3. The van der Waals surface area contributed by atoms with Crippen LogP contribution in [-0.2, 0) is 18.4 Å². The van der Waals surface area contributed by atoms with Crippen LogP contribution in [0.1, 0.15) is 77.6 Å². The summed E-state index contributed by atoms with van der Waals surface area (Å²) in [5, 5.41) is 2.96. The number of likely N-dealkylation sites (N-methyl/N-ethyl adjacent to an activating group) is 1. The topological polar surface area (TPSA) is 84.9 Å². The number of rotatable bonds is 19. The number of quaternary nitrogens is 1. The third-order valence-electron chi connectivity index (χ3n) is 4.42. The molecule has 0 aromatic rings. The molecule has 0 aliphatic carbocycles. The maximum atomic E-state index is 11.8. The van der Waals surface area contributed by atoms with Crippen molar-refractivity contribution in [2.24, 2.45) is 0 Å². The zero-order chi connectivity index (χ0) is 21.3. The minimum atomic E-state index is -3.97. The minimum Gasteiger partial charge on any atom is -0.356 e. The van der Waals surface area contributed by atoms with E-state index in [2.05, 4.69) is 12.2 Å². The van der Waals surface area contributed by atoms with Crippen molar-refractivity contribution in [3.8, 4) is 0 Å². The highest BCUT2D eigenvalue weighted by atomic mass is 31.2. The molecule has 0 heterocycles. The molecule has 7 nitrogen and oxygen atoms in total. The number of hydrogen-bond donors (Lipinski definition) is 2. The van der Waals surface area contributed by atoms with Crippen molar-refractivity contribution >= 4 is 13.7 Å². The summed E-state index contributed by atoms with van der Waals surface area (Å²) < 4.78 is 22.3. The first kappa shape index (κ1) is 27.5. The Kier molecular flexibility index (Phi) is 16.1. The number of carbonyl (C=O) groups excluding carboxylic acids is 1. The van der Waals surface area contributed by atoms with E-state index in [0.717, 1.165) is 25.8 Å². The predicted octanol–water partition coefficient (Wildman–Crippen LogP) is 4.25. The maximum absolute atomic E-state index is 11.8. The smallest absolute Gasteiger partial charge is 0.356 e. The van der Waals surface area contributed by atoms with E-state index in [9.17, 15) is 14.3 Å². The van der Waals surface area contributed by atoms with Crippen LogP contribution in [0.2, 0.25) is 0 Å². The molecule has 1 unspecified atom stereocenters. The Hall–Kier alpha value is -0.460. The van der Waals surface area contributed by atoms with Gasteiger partial charge in [-0.05, 0) is 19.3 Å². The van der Waals surface area contributed by atoms with Gasteiger partial charge in [0.2, 0.25) is 5.91 Å². The molecule has 168 valence electrons. The van der Waals surface area contributed by atoms with Gasteiger partial charge in [0.25, 0.3) is 0 Å². The van der Waals surface area contributed by atoms with Gasteiger partial charge in [-0.2, -0.15) is 0 Å². The number of phosphoric ester groups is 1. The third-order valence-corrected chi connectivity index (χ3v) is 5.44. The van der Waals surface area contributed by atoms with E-state index in [1.54, 1.807) is 0 Å². The number of nitrogens with one attached hydrogen (secondary N) is 1. The number of carbonyl (C=O) groups is 1. The number of nitrogens with zero attached hydrogens (tertiary/aromatic N) is 1. The Morgan fingerprint density at radius 3 is 2.11 bits per heavy atom. The third kappa shape index (κ3) is 20.3. The highest BCUT2D eigenvalue weighted by molar-refractivity contribution is 7.47. The number of amides is 1. The molecule has 1 amide bonds. The van der Waals surface area contributed by atoms with Gasteiger partial charge in [-0.15, -0.1) is 0 Å². The highest BCUT2D eigenvalue weighted by Crippen LogP contribution is 2.43. The summed E-state index contributed by atoms with van der Waals surface area (Å²) in [6.07, 6.45) is 11.4. The lowest BCUT2D eigenvalue weighted by atomic mass is 10.1. The van der Waals surface area contributed by atoms with Gasteiger partial charge in [0.15, 0.2) is 0 Å². The van der Waals surface area contributed by atoms with Crippen molar-refractivity contribution in [1.29, 1.82) is 0 Å². The minimum absolute atomic E-state index is 0.0865. The molecule has 0 aromatic heterocycles. The Morgan fingerprint density at radius 1 is 0.893 bits per heavy atom. The van der Waals surface area contributed by atoms with Crippen molar-refractivity contribution < 1.29 is 27.8 Å². The van der Waals surface area contributed by atoms with E-state index in [0.29, 0.717) is 23.9 Å². The van der Waals surface area contributed by atoms with Gasteiger partial charge in [-0.25, -0.2) is 4.57 Å². The van der Waals surface area contributed by atoms with Crippen molar-refractivity contribution in [2.45, 2.75) is 77.6 Å². The van der Waals surface area contributed by atoms with E-state index in [4.69, 9.17) is 9.05 Å². The SMILES string of the molecule is CCCCCCCCCNC(=O)CCCCCOP(=O)(O)OCC[N+](C)(C)C. The maximum Gasteiger partial charge on any atom is 0.472 e. The average Bonchev–Trinajstić information content (AvgIpc) is 2.59. The van der Waals surface area contributed by atoms with Crippen molar-refractivity contribution in [1.82, 2.24) is 5.32 Å². The molecule has 8 heteroatoms. The van der Waals surface area contributed by atoms with Crippen LogP contribution in [0.5, 0.6) is 0 Å². The predicted molar refractivity (Wildman–Crippen MR) is 114 cm³/mol. The van der Waals surface area contributed by atoms with Crippen LogP contribution >= 0.6 is 7.82 Å². The van der Waals surface area contributed by atoms with E-state index in [-0.39, 0.29) is 19.1 Å². The van der Waals surface area contributed by atoms with E-state index < -0.39 is 7.82 Å². The second kappa shape index (κ2) is 16.3. The van der Waals surface area contributed by atoms with Crippen LogP contribution in [0.15, 0.2) is 0 Å². The molecule has 1 atom stereocenters. The average molecular weight is 424 g/mol. The molecule has 0 radical (unpaired) electrons. The van der Waals surface area contributed by atoms with Gasteiger partial charge >= 0.3 is 7.82 Å². The molecule has 0 bridgehead atoms. The lowest BCUT2D eigenvalue weighted by molar-refractivity contribution is -0.870. The standard InChI is InChI=1S/C20H43N2O5P/c1-5-6-7-8-9-10-13-16-21-20(23)15-12-11-14-18-26-28(24,25)27-19-17-22(2,3)4/h5-19H2,1-4H3,(H-,21,23,24,25)/p+1. The van der Waals surface area contributed by atoms with Crippen LogP contribution in [0.25, 0.3) is 0 Å². The quantitative estimate of drug-likeness (QED) is 0.184. The molecule has 0 rings (SSSR count). The lowest BCUT2D eigenvalue weighted by Gasteiger charge is -2.24. The Balaban J connectivity index is 3.49. The van der Waals surface area contributed by atoms with Gasteiger partial charge < -0.3 is 14.7 Å². The van der Waals surface area contributed by atoms with E-state index >= 15 is 0 Å². The van der Waals surface area contributed by atoms with Crippen LogP contribution in [0.3, 0.4) is 0 Å². The molecular weight excluding hydrogens is 379 g/mol. The molecule has 0 aliphatic rings. The molecule has 0 fully saturated rings. The molecule has 0 aliphatic heterocycles. The Labute approximate surface area is 172 Å². The monoisotopic (exact) mass is 423 g/mol. The fraction of sp³-hybridized carbons (Fsp3) is 0.950. The first-order chi connectivity index (χ1) is 13.2. The van der Waals surface area contributed by atoms with Crippen LogP contribution < -0.4 is 5.32 Å². The van der Waals surface area contributed by atoms with E-state index in [1.165, 1.54) is 38.5 Å². The zero-order valence-corrected chi connectivity index (χ0v) is 19.5. The van der Waals surface area contributed by atoms with Gasteiger partial charge in [0, 0.05) is 13.0 Å². The normalized spacial score (nSPS) is 14.0. The summed E-state index contributed by atoms with van der Waals surface area (Å²) in [4.78, 5) is 21.4. The van der Waals surface area contributed by atoms with Gasteiger partial charge in [0.1, 0.15) is 13.2 Å². The molecule has 28 heavy (non-hydrogen) atoms. The zero-order valence-electron chi connectivity index (χ0n) is 18.6. The van der Waals surface area contributed by atoms with Crippen molar-refractivity contribution in [2.75, 3.05) is 47.4 Å². The van der Waals surface area contributed by atoms with Crippen LogP contribution in [-0.4, -0.2) is 62.7 Å². The number of unbranched alkanes of at least 4 members (excludes halogenated alkanes) is 8. The number of hydrogen-bond acceptors (Lipinski definition) is 4. The highest BCUT2D eigenvalue weighted by Gasteiger charge is 2.21. The summed E-state index contributed by atoms with van der Waals surface area (Å²) in [6, 6.07) is 0.